The average molecular weight is 240 g/mol. The van der Waals surface area contributed by atoms with Gasteiger partial charge in [0.05, 0.1) is 6.54 Å². The molecule has 17 heavy (non-hydrogen) atoms. The molecule has 0 spiro atoms. The van der Waals surface area contributed by atoms with Crippen molar-refractivity contribution in [3.8, 4) is 0 Å². The van der Waals surface area contributed by atoms with E-state index in [4.69, 9.17) is 4.42 Å². The first-order chi connectivity index (χ1) is 8.19. The zero-order chi connectivity index (χ0) is 12.7. The molecule has 1 heterocycles. The highest BCUT2D eigenvalue weighted by Crippen LogP contribution is 2.07. The number of carbonyl (C=O) groups is 1. The number of hydrogen-bond acceptors (Lipinski definition) is 5. The maximum Gasteiger partial charge on any atom is 0.322 e. The Labute approximate surface area is 101 Å². The molecular formula is C11H20N4O2. The van der Waals surface area contributed by atoms with Crippen molar-refractivity contribution < 1.29 is 9.21 Å². The molecule has 96 valence electrons. The molecule has 0 bridgehead atoms. The number of aryl methyl sites for hydroxylation is 1. The van der Waals surface area contributed by atoms with Gasteiger partial charge in [0.1, 0.15) is 0 Å². The normalized spacial score (nSPS) is 10.8. The third-order valence-electron chi connectivity index (χ3n) is 2.44. The summed E-state index contributed by atoms with van der Waals surface area (Å²) in [6.07, 6.45) is 1.67. The topological polar surface area (TPSA) is 71.3 Å². The molecule has 0 unspecified atom stereocenters. The van der Waals surface area contributed by atoms with Crippen molar-refractivity contribution in [2.75, 3.05) is 25.0 Å². The maximum absolute atomic E-state index is 11.6. The third kappa shape index (κ3) is 4.52. The van der Waals surface area contributed by atoms with Gasteiger partial charge < -0.3 is 4.42 Å². The molecule has 0 fully saturated rings. The average Bonchev–Trinajstić information content (AvgIpc) is 2.74. The van der Waals surface area contributed by atoms with E-state index < -0.39 is 0 Å². The van der Waals surface area contributed by atoms with E-state index in [-0.39, 0.29) is 11.9 Å². The Morgan fingerprint density at radius 3 is 2.59 bits per heavy atom. The second kappa shape index (κ2) is 7.01. The number of nitrogens with zero attached hydrogens (tertiary/aromatic N) is 3. The van der Waals surface area contributed by atoms with E-state index >= 15 is 0 Å². The summed E-state index contributed by atoms with van der Waals surface area (Å²) in [5, 5.41) is 10.2. The number of rotatable bonds is 7. The summed E-state index contributed by atoms with van der Waals surface area (Å²) in [5.74, 6) is 0.436. The fourth-order valence-electron chi connectivity index (χ4n) is 1.43. The Hall–Kier alpha value is -1.43. The van der Waals surface area contributed by atoms with Gasteiger partial charge in [0.2, 0.25) is 11.8 Å². The van der Waals surface area contributed by atoms with E-state index in [1.807, 2.05) is 25.7 Å². The van der Waals surface area contributed by atoms with E-state index in [9.17, 15) is 4.79 Å². The minimum absolute atomic E-state index is 0.125. The summed E-state index contributed by atoms with van der Waals surface area (Å²) >= 11 is 0. The van der Waals surface area contributed by atoms with Gasteiger partial charge in [-0.05, 0) is 19.5 Å². The minimum atomic E-state index is -0.125. The molecule has 0 aliphatic carbocycles. The van der Waals surface area contributed by atoms with Crippen molar-refractivity contribution in [3.63, 3.8) is 0 Å². The van der Waals surface area contributed by atoms with Crippen LogP contribution in [-0.4, -0.2) is 40.6 Å². The van der Waals surface area contributed by atoms with Crippen LogP contribution in [0.1, 0.15) is 33.1 Å². The first kappa shape index (κ1) is 13.6. The Bertz CT molecular complexity index is 347. The maximum atomic E-state index is 11.6. The fraction of sp³-hybridized carbons (Fsp3) is 0.727. The molecule has 6 nitrogen and oxygen atoms in total. The predicted molar refractivity (Wildman–Crippen MR) is 64.7 cm³/mol. The van der Waals surface area contributed by atoms with Crippen LogP contribution in [0.4, 0.5) is 6.01 Å². The van der Waals surface area contributed by atoms with Crippen molar-refractivity contribution >= 4 is 11.9 Å². The summed E-state index contributed by atoms with van der Waals surface area (Å²) in [7, 11) is 0. The van der Waals surface area contributed by atoms with E-state index in [2.05, 4.69) is 15.5 Å². The van der Waals surface area contributed by atoms with Crippen LogP contribution in [0.3, 0.4) is 0 Å². The standard InChI is InChI=1S/C11H20N4O2/c1-4-7-10-13-14-11(17-10)12-9(16)8-15(5-2)6-3/h4-8H2,1-3H3,(H,12,14,16). The second-order valence-corrected chi connectivity index (χ2v) is 3.76. The molecule has 0 saturated carbocycles. The quantitative estimate of drug-likeness (QED) is 0.778. The molecule has 0 aliphatic heterocycles. The number of aromatic nitrogens is 2. The number of amides is 1. The first-order valence-electron chi connectivity index (χ1n) is 6.04. The van der Waals surface area contributed by atoms with Crippen molar-refractivity contribution in [1.29, 1.82) is 0 Å². The van der Waals surface area contributed by atoms with Gasteiger partial charge in [-0.1, -0.05) is 25.9 Å². The Morgan fingerprint density at radius 2 is 2.00 bits per heavy atom. The third-order valence-corrected chi connectivity index (χ3v) is 2.44. The molecule has 1 amide bonds. The van der Waals surface area contributed by atoms with Crippen LogP contribution in [0, 0.1) is 0 Å². The van der Waals surface area contributed by atoms with Gasteiger partial charge in [-0.15, -0.1) is 5.10 Å². The molecule has 1 rings (SSSR count). The van der Waals surface area contributed by atoms with Crippen LogP contribution in [0.2, 0.25) is 0 Å². The molecule has 1 aromatic heterocycles. The van der Waals surface area contributed by atoms with E-state index in [1.165, 1.54) is 0 Å². The van der Waals surface area contributed by atoms with Gasteiger partial charge in [-0.2, -0.15) is 0 Å². The second-order valence-electron chi connectivity index (χ2n) is 3.76. The SMILES string of the molecule is CCCc1nnc(NC(=O)CN(CC)CC)o1. The van der Waals surface area contributed by atoms with E-state index in [1.54, 1.807) is 0 Å². The molecule has 0 aliphatic rings. The van der Waals surface area contributed by atoms with Crippen molar-refractivity contribution in [2.24, 2.45) is 0 Å². The molecule has 6 heteroatoms. The lowest BCUT2D eigenvalue weighted by Gasteiger charge is -2.16. The number of hydrogen-bond donors (Lipinski definition) is 1. The van der Waals surface area contributed by atoms with Crippen LogP contribution in [-0.2, 0) is 11.2 Å². The molecule has 0 aromatic carbocycles. The van der Waals surface area contributed by atoms with E-state index in [0.29, 0.717) is 12.4 Å². The first-order valence-corrected chi connectivity index (χ1v) is 6.04. The Balaban J connectivity index is 2.44. The zero-order valence-electron chi connectivity index (χ0n) is 10.7. The minimum Gasteiger partial charge on any atom is -0.408 e. The van der Waals surface area contributed by atoms with Gasteiger partial charge in [-0.25, -0.2) is 0 Å². The molecule has 1 aromatic rings. The van der Waals surface area contributed by atoms with Crippen LogP contribution in [0.15, 0.2) is 4.42 Å². The summed E-state index contributed by atoms with van der Waals surface area (Å²) in [6.45, 7) is 8.09. The summed E-state index contributed by atoms with van der Waals surface area (Å²) in [6, 6.07) is 0.186. The molecular weight excluding hydrogens is 220 g/mol. The van der Waals surface area contributed by atoms with Gasteiger partial charge in [0.15, 0.2) is 0 Å². The number of carbonyl (C=O) groups excluding carboxylic acids is 1. The molecule has 1 N–H and O–H groups in total. The van der Waals surface area contributed by atoms with Crippen molar-refractivity contribution in [1.82, 2.24) is 15.1 Å². The van der Waals surface area contributed by atoms with Crippen LogP contribution >= 0.6 is 0 Å². The zero-order valence-corrected chi connectivity index (χ0v) is 10.7. The molecule has 0 atom stereocenters. The predicted octanol–water partition coefficient (Wildman–Crippen LogP) is 1.30. The van der Waals surface area contributed by atoms with Crippen molar-refractivity contribution in [2.45, 2.75) is 33.6 Å². The van der Waals surface area contributed by atoms with Gasteiger partial charge in [0.25, 0.3) is 0 Å². The molecule has 0 radical (unpaired) electrons. The Morgan fingerprint density at radius 1 is 1.29 bits per heavy atom. The highest BCUT2D eigenvalue weighted by Gasteiger charge is 2.11. The summed E-state index contributed by atoms with van der Waals surface area (Å²) in [5.41, 5.74) is 0. The van der Waals surface area contributed by atoms with Crippen LogP contribution < -0.4 is 5.32 Å². The van der Waals surface area contributed by atoms with Gasteiger partial charge >= 0.3 is 6.01 Å². The lowest BCUT2D eigenvalue weighted by Crippen LogP contribution is -2.32. The van der Waals surface area contributed by atoms with Gasteiger partial charge in [0, 0.05) is 6.42 Å². The number of likely N-dealkylation sites (N-methyl/N-ethyl adjacent to an activating group) is 1. The highest BCUT2D eigenvalue weighted by molar-refractivity contribution is 5.90. The highest BCUT2D eigenvalue weighted by atomic mass is 16.4. The summed E-state index contributed by atoms with van der Waals surface area (Å²) in [4.78, 5) is 13.6. The van der Waals surface area contributed by atoms with Crippen LogP contribution in [0.25, 0.3) is 0 Å². The van der Waals surface area contributed by atoms with Gasteiger partial charge in [-0.3, -0.25) is 15.0 Å². The number of nitrogens with one attached hydrogen (secondary N) is 1. The molecule has 0 saturated heterocycles. The van der Waals surface area contributed by atoms with Crippen molar-refractivity contribution in [3.05, 3.63) is 5.89 Å². The van der Waals surface area contributed by atoms with Crippen LogP contribution in [0.5, 0.6) is 0 Å². The smallest absolute Gasteiger partial charge is 0.322 e. The van der Waals surface area contributed by atoms with E-state index in [0.717, 1.165) is 25.9 Å². The summed E-state index contributed by atoms with van der Waals surface area (Å²) < 4.78 is 5.27. The Kier molecular flexibility index (Phi) is 5.62. The monoisotopic (exact) mass is 240 g/mol. The number of anilines is 1. The largest absolute Gasteiger partial charge is 0.408 e. The lowest BCUT2D eigenvalue weighted by molar-refractivity contribution is -0.117. The fourth-order valence-corrected chi connectivity index (χ4v) is 1.43. The lowest BCUT2D eigenvalue weighted by atomic mass is 10.3.